The normalized spacial score (nSPS) is 14.1. The summed E-state index contributed by atoms with van der Waals surface area (Å²) in [6, 6.07) is 14.3. The van der Waals surface area contributed by atoms with E-state index in [0.29, 0.717) is 13.0 Å². The first-order chi connectivity index (χ1) is 16.2. The zero-order valence-electron chi connectivity index (χ0n) is 19.7. The fourth-order valence-electron chi connectivity index (χ4n) is 4.14. The van der Waals surface area contributed by atoms with Gasteiger partial charge >= 0.3 is 0 Å². The minimum absolute atomic E-state index is 0. The quantitative estimate of drug-likeness (QED) is 0.219. The summed E-state index contributed by atoms with van der Waals surface area (Å²) in [6.07, 6.45) is 5.19. The molecule has 0 bridgehead atoms. The molecule has 0 radical (unpaired) electrons. The molecule has 9 heteroatoms. The smallest absolute Gasteiger partial charge is 0.224 e. The van der Waals surface area contributed by atoms with Crippen molar-refractivity contribution in [2.24, 2.45) is 4.99 Å². The van der Waals surface area contributed by atoms with Crippen molar-refractivity contribution in [3.05, 3.63) is 60.4 Å². The van der Waals surface area contributed by atoms with Crippen LogP contribution in [0.2, 0.25) is 0 Å². The number of H-pyrrole nitrogens is 1. The SMILES string of the molecule is CCNC(=NCCC(=O)N1CCN(c2ccccn2)CC1)NCCc1c[nH]c2ccccc12.I. The van der Waals surface area contributed by atoms with Gasteiger partial charge in [-0.3, -0.25) is 9.79 Å². The zero-order valence-corrected chi connectivity index (χ0v) is 22.0. The third kappa shape index (κ3) is 6.85. The van der Waals surface area contributed by atoms with Crippen molar-refractivity contribution in [1.29, 1.82) is 0 Å². The number of halogens is 1. The Morgan fingerprint density at radius 3 is 2.65 bits per heavy atom. The fourth-order valence-corrected chi connectivity index (χ4v) is 4.14. The number of carbonyl (C=O) groups is 1. The van der Waals surface area contributed by atoms with E-state index < -0.39 is 0 Å². The van der Waals surface area contributed by atoms with E-state index >= 15 is 0 Å². The van der Waals surface area contributed by atoms with Gasteiger partial charge in [0.15, 0.2) is 5.96 Å². The van der Waals surface area contributed by atoms with Gasteiger partial charge in [0.1, 0.15) is 5.82 Å². The van der Waals surface area contributed by atoms with Crippen LogP contribution in [0.5, 0.6) is 0 Å². The van der Waals surface area contributed by atoms with Crippen molar-refractivity contribution in [2.45, 2.75) is 19.8 Å². The lowest BCUT2D eigenvalue weighted by molar-refractivity contribution is -0.131. The summed E-state index contributed by atoms with van der Waals surface area (Å²) in [7, 11) is 0. The summed E-state index contributed by atoms with van der Waals surface area (Å²) in [5.74, 6) is 1.89. The van der Waals surface area contributed by atoms with Crippen molar-refractivity contribution < 1.29 is 4.79 Å². The van der Waals surface area contributed by atoms with Crippen LogP contribution in [0.1, 0.15) is 18.9 Å². The van der Waals surface area contributed by atoms with Crippen molar-refractivity contribution >= 4 is 52.6 Å². The molecule has 1 aliphatic rings. The average molecular weight is 575 g/mol. The Morgan fingerprint density at radius 1 is 1.09 bits per heavy atom. The number of carbonyl (C=O) groups excluding carboxylic acids is 1. The van der Waals surface area contributed by atoms with Crippen molar-refractivity contribution in [3.8, 4) is 0 Å². The Bertz CT molecular complexity index is 1060. The molecule has 2 aromatic heterocycles. The third-order valence-corrected chi connectivity index (χ3v) is 5.91. The van der Waals surface area contributed by atoms with E-state index in [-0.39, 0.29) is 29.9 Å². The van der Waals surface area contributed by atoms with Crippen LogP contribution in [0.3, 0.4) is 0 Å². The van der Waals surface area contributed by atoms with Crippen LogP contribution in [-0.2, 0) is 11.2 Å². The van der Waals surface area contributed by atoms with Gasteiger partial charge < -0.3 is 25.4 Å². The Kier molecular flexibility index (Phi) is 9.99. The molecule has 0 atom stereocenters. The fraction of sp³-hybridized carbons (Fsp3) is 0.400. The molecule has 0 spiro atoms. The number of piperazine rings is 1. The summed E-state index contributed by atoms with van der Waals surface area (Å²) in [6.45, 7) is 7.14. The summed E-state index contributed by atoms with van der Waals surface area (Å²) < 4.78 is 0. The number of nitrogens with one attached hydrogen (secondary N) is 3. The van der Waals surface area contributed by atoms with Gasteiger partial charge in [0, 0.05) is 69.0 Å². The molecule has 3 N–H and O–H groups in total. The number of nitrogens with zero attached hydrogens (tertiary/aromatic N) is 4. The standard InChI is InChI=1S/C25H33N7O.HI/c1-2-26-25(28-13-10-20-19-30-22-8-4-3-7-21(20)22)29-14-11-24(33)32-17-15-31(16-18-32)23-9-5-6-12-27-23;/h3-9,12,19,30H,2,10-11,13-18H2,1H3,(H2,26,28,29);1H. The molecule has 4 rings (SSSR count). The van der Waals surface area contributed by atoms with Crippen LogP contribution in [0.15, 0.2) is 59.9 Å². The second-order valence-electron chi connectivity index (χ2n) is 8.10. The molecule has 0 unspecified atom stereocenters. The van der Waals surface area contributed by atoms with E-state index in [1.54, 1.807) is 6.20 Å². The van der Waals surface area contributed by atoms with Crippen LogP contribution in [-0.4, -0.2) is 72.5 Å². The highest BCUT2D eigenvalue weighted by Crippen LogP contribution is 2.17. The average Bonchev–Trinajstić information content (AvgIpc) is 3.28. The molecule has 1 aromatic carbocycles. The van der Waals surface area contributed by atoms with Crippen LogP contribution >= 0.6 is 24.0 Å². The van der Waals surface area contributed by atoms with Crippen molar-refractivity contribution in [1.82, 2.24) is 25.5 Å². The predicted octanol–water partition coefficient (Wildman–Crippen LogP) is 3.02. The second-order valence-corrected chi connectivity index (χ2v) is 8.10. The number of hydrogen-bond donors (Lipinski definition) is 3. The number of guanidine groups is 1. The minimum atomic E-state index is 0. The minimum Gasteiger partial charge on any atom is -0.361 e. The number of aromatic amines is 1. The lowest BCUT2D eigenvalue weighted by Crippen LogP contribution is -2.49. The van der Waals surface area contributed by atoms with Gasteiger partial charge in [0.25, 0.3) is 0 Å². The predicted molar refractivity (Wildman–Crippen MR) is 149 cm³/mol. The Morgan fingerprint density at radius 2 is 1.88 bits per heavy atom. The van der Waals surface area contributed by atoms with E-state index in [9.17, 15) is 4.79 Å². The van der Waals surface area contributed by atoms with Gasteiger partial charge in [-0.2, -0.15) is 0 Å². The van der Waals surface area contributed by atoms with Crippen LogP contribution in [0.4, 0.5) is 5.82 Å². The number of hydrogen-bond acceptors (Lipinski definition) is 4. The number of pyridine rings is 1. The Hall–Kier alpha value is -2.82. The van der Waals surface area contributed by atoms with Crippen LogP contribution in [0.25, 0.3) is 10.9 Å². The maximum atomic E-state index is 12.7. The first kappa shape index (κ1) is 25.8. The van der Waals surface area contributed by atoms with E-state index in [1.807, 2.05) is 36.1 Å². The van der Waals surface area contributed by atoms with Crippen molar-refractivity contribution in [3.63, 3.8) is 0 Å². The highest BCUT2D eigenvalue weighted by Gasteiger charge is 2.21. The Labute approximate surface area is 218 Å². The van der Waals surface area contributed by atoms with Crippen LogP contribution in [0, 0.1) is 0 Å². The Balaban J connectivity index is 0.00000324. The molecule has 1 fully saturated rings. The van der Waals surface area contributed by atoms with Gasteiger partial charge in [0.05, 0.1) is 6.54 Å². The number of amides is 1. The summed E-state index contributed by atoms with van der Waals surface area (Å²) >= 11 is 0. The van der Waals surface area contributed by atoms with E-state index in [0.717, 1.165) is 63.0 Å². The molecule has 0 aliphatic carbocycles. The van der Waals surface area contributed by atoms with Crippen LogP contribution < -0.4 is 15.5 Å². The zero-order chi connectivity index (χ0) is 22.9. The first-order valence-electron chi connectivity index (χ1n) is 11.8. The number of fused-ring (bicyclic) bond motifs is 1. The third-order valence-electron chi connectivity index (χ3n) is 5.91. The monoisotopic (exact) mass is 575 g/mol. The number of rotatable bonds is 8. The largest absolute Gasteiger partial charge is 0.361 e. The summed E-state index contributed by atoms with van der Waals surface area (Å²) in [5.41, 5.74) is 2.45. The highest BCUT2D eigenvalue weighted by atomic mass is 127. The lowest BCUT2D eigenvalue weighted by Gasteiger charge is -2.35. The number of anilines is 1. The molecule has 1 aliphatic heterocycles. The van der Waals surface area contributed by atoms with E-state index in [4.69, 9.17) is 0 Å². The van der Waals surface area contributed by atoms with Gasteiger partial charge in [-0.05, 0) is 37.1 Å². The first-order valence-corrected chi connectivity index (χ1v) is 11.8. The molecule has 8 nitrogen and oxygen atoms in total. The van der Waals surface area contributed by atoms with Gasteiger partial charge in [-0.1, -0.05) is 24.3 Å². The highest BCUT2D eigenvalue weighted by molar-refractivity contribution is 14.0. The number of para-hydroxylation sites is 1. The summed E-state index contributed by atoms with van der Waals surface area (Å²) in [5, 5.41) is 7.92. The topological polar surface area (TPSA) is 88.7 Å². The van der Waals surface area contributed by atoms with E-state index in [1.165, 1.54) is 10.9 Å². The molecular formula is C25H34IN7O. The molecule has 3 heterocycles. The molecule has 3 aromatic rings. The molecule has 1 saturated heterocycles. The molecular weight excluding hydrogens is 541 g/mol. The number of aromatic nitrogens is 2. The van der Waals surface area contributed by atoms with Gasteiger partial charge in [-0.25, -0.2) is 4.98 Å². The van der Waals surface area contributed by atoms with Gasteiger partial charge in [0.2, 0.25) is 5.91 Å². The maximum absolute atomic E-state index is 12.7. The van der Waals surface area contributed by atoms with E-state index in [2.05, 4.69) is 54.9 Å². The number of aliphatic imine (C=N–C) groups is 1. The molecule has 0 saturated carbocycles. The second kappa shape index (κ2) is 13.2. The molecule has 34 heavy (non-hydrogen) atoms. The van der Waals surface area contributed by atoms with Crippen molar-refractivity contribution in [2.75, 3.05) is 50.7 Å². The molecule has 182 valence electrons. The molecule has 1 amide bonds. The summed E-state index contributed by atoms with van der Waals surface area (Å²) in [4.78, 5) is 29.1. The lowest BCUT2D eigenvalue weighted by atomic mass is 10.1. The number of benzene rings is 1. The van der Waals surface area contributed by atoms with Gasteiger partial charge in [-0.15, -0.1) is 24.0 Å². The maximum Gasteiger partial charge on any atom is 0.224 e.